The molecule has 0 saturated carbocycles. The van der Waals surface area contributed by atoms with Crippen LogP contribution in [-0.4, -0.2) is 26.0 Å². The smallest absolute Gasteiger partial charge is 0.309 e. The molecule has 2 amide bonds. The highest BCUT2D eigenvalue weighted by molar-refractivity contribution is 6.34. The maximum absolute atomic E-state index is 11.2. The summed E-state index contributed by atoms with van der Waals surface area (Å²) < 4.78 is 10.3. The van der Waals surface area contributed by atoms with Crippen molar-refractivity contribution < 1.29 is 19.1 Å². The lowest BCUT2D eigenvalue weighted by molar-refractivity contribution is -0.137. The van der Waals surface area contributed by atoms with E-state index in [4.69, 9.17) is 15.2 Å². The van der Waals surface area contributed by atoms with E-state index in [0.29, 0.717) is 11.5 Å². The summed E-state index contributed by atoms with van der Waals surface area (Å²) in [5.74, 6) is -0.690. The molecule has 1 aromatic rings. The first kappa shape index (κ1) is 13.8. The van der Waals surface area contributed by atoms with Crippen LogP contribution in [0, 0.1) is 0 Å². The molecular formula is C12H16N2O4. The Bertz CT molecular complexity index is 459. The standard InChI is InChI=1S/C12H16N2O4/c1-7(14-12(16)11(13)15)8-4-5-9(17-2)10(6-8)18-3/h4-7H,1-3H3,(H2,13,15)(H,14,16). The Morgan fingerprint density at radius 1 is 1.22 bits per heavy atom. The van der Waals surface area contributed by atoms with Gasteiger partial charge in [-0.2, -0.15) is 0 Å². The van der Waals surface area contributed by atoms with Crippen molar-refractivity contribution in [3.05, 3.63) is 23.8 Å². The third-order valence-corrected chi connectivity index (χ3v) is 2.48. The fraction of sp³-hybridized carbons (Fsp3) is 0.333. The van der Waals surface area contributed by atoms with E-state index in [1.807, 2.05) is 0 Å². The van der Waals surface area contributed by atoms with E-state index in [-0.39, 0.29) is 6.04 Å². The molecule has 1 unspecified atom stereocenters. The van der Waals surface area contributed by atoms with Crippen LogP contribution >= 0.6 is 0 Å². The molecule has 0 saturated heterocycles. The summed E-state index contributed by atoms with van der Waals surface area (Å²) in [5.41, 5.74) is 5.65. The third-order valence-electron chi connectivity index (χ3n) is 2.48. The van der Waals surface area contributed by atoms with Crippen LogP contribution in [0.25, 0.3) is 0 Å². The summed E-state index contributed by atoms with van der Waals surface area (Å²) in [6.07, 6.45) is 0. The number of benzene rings is 1. The molecule has 0 aliphatic heterocycles. The molecule has 18 heavy (non-hydrogen) atoms. The Labute approximate surface area is 105 Å². The van der Waals surface area contributed by atoms with Crippen molar-refractivity contribution in [2.45, 2.75) is 13.0 Å². The average Bonchev–Trinajstić information content (AvgIpc) is 2.37. The summed E-state index contributed by atoms with van der Waals surface area (Å²) in [4.78, 5) is 21.8. The number of hydrogen-bond acceptors (Lipinski definition) is 4. The van der Waals surface area contributed by atoms with Gasteiger partial charge in [-0.1, -0.05) is 6.07 Å². The lowest BCUT2D eigenvalue weighted by atomic mass is 10.1. The van der Waals surface area contributed by atoms with Crippen LogP contribution in [0.15, 0.2) is 18.2 Å². The first-order valence-electron chi connectivity index (χ1n) is 5.31. The molecule has 0 aromatic heterocycles. The van der Waals surface area contributed by atoms with Crippen molar-refractivity contribution in [1.29, 1.82) is 0 Å². The number of methoxy groups -OCH3 is 2. The minimum absolute atomic E-state index is 0.357. The number of carbonyl (C=O) groups excluding carboxylic acids is 2. The normalized spacial score (nSPS) is 11.5. The van der Waals surface area contributed by atoms with Crippen molar-refractivity contribution in [1.82, 2.24) is 5.32 Å². The number of amides is 2. The quantitative estimate of drug-likeness (QED) is 0.757. The molecular weight excluding hydrogens is 236 g/mol. The van der Waals surface area contributed by atoms with Gasteiger partial charge in [-0.15, -0.1) is 0 Å². The highest BCUT2D eigenvalue weighted by atomic mass is 16.5. The number of carbonyl (C=O) groups is 2. The van der Waals surface area contributed by atoms with E-state index < -0.39 is 11.8 Å². The fourth-order valence-corrected chi connectivity index (χ4v) is 1.47. The summed E-state index contributed by atoms with van der Waals surface area (Å²) in [6.45, 7) is 1.74. The number of ether oxygens (including phenoxy) is 2. The second kappa shape index (κ2) is 5.90. The Balaban J connectivity index is 2.89. The molecule has 1 atom stereocenters. The van der Waals surface area contributed by atoms with E-state index in [1.165, 1.54) is 14.2 Å². The van der Waals surface area contributed by atoms with Crippen LogP contribution in [0.1, 0.15) is 18.5 Å². The van der Waals surface area contributed by atoms with Crippen molar-refractivity contribution in [2.75, 3.05) is 14.2 Å². The van der Waals surface area contributed by atoms with Gasteiger partial charge in [0.1, 0.15) is 0 Å². The van der Waals surface area contributed by atoms with Crippen LogP contribution in [-0.2, 0) is 9.59 Å². The van der Waals surface area contributed by atoms with Gasteiger partial charge >= 0.3 is 11.8 Å². The van der Waals surface area contributed by atoms with Gasteiger partial charge in [0, 0.05) is 0 Å². The summed E-state index contributed by atoms with van der Waals surface area (Å²) in [6, 6.07) is 4.86. The first-order chi connectivity index (χ1) is 8.49. The van der Waals surface area contributed by atoms with Crippen LogP contribution < -0.4 is 20.5 Å². The second-order valence-electron chi connectivity index (χ2n) is 3.67. The molecule has 0 aliphatic carbocycles. The Morgan fingerprint density at radius 3 is 2.33 bits per heavy atom. The number of nitrogens with one attached hydrogen (secondary N) is 1. The minimum atomic E-state index is -1.01. The van der Waals surface area contributed by atoms with E-state index >= 15 is 0 Å². The Morgan fingerprint density at radius 2 is 1.83 bits per heavy atom. The minimum Gasteiger partial charge on any atom is -0.493 e. The van der Waals surface area contributed by atoms with Gasteiger partial charge in [-0.05, 0) is 24.6 Å². The predicted octanol–water partition coefficient (Wildman–Crippen LogP) is 0.366. The molecule has 0 aliphatic rings. The number of rotatable bonds is 4. The first-order valence-corrected chi connectivity index (χ1v) is 5.31. The maximum atomic E-state index is 11.2. The number of nitrogens with two attached hydrogens (primary N) is 1. The highest BCUT2D eigenvalue weighted by Gasteiger charge is 2.15. The maximum Gasteiger partial charge on any atom is 0.309 e. The molecule has 0 spiro atoms. The van der Waals surface area contributed by atoms with Gasteiger partial charge in [0.25, 0.3) is 0 Å². The Kier molecular flexibility index (Phi) is 4.53. The number of primary amides is 1. The lowest BCUT2D eigenvalue weighted by Gasteiger charge is -2.15. The van der Waals surface area contributed by atoms with E-state index in [0.717, 1.165) is 5.56 Å². The van der Waals surface area contributed by atoms with Gasteiger partial charge in [0.15, 0.2) is 11.5 Å². The summed E-state index contributed by atoms with van der Waals surface area (Å²) in [7, 11) is 3.06. The summed E-state index contributed by atoms with van der Waals surface area (Å²) >= 11 is 0. The third kappa shape index (κ3) is 3.13. The lowest BCUT2D eigenvalue weighted by Crippen LogP contribution is -2.37. The van der Waals surface area contributed by atoms with Gasteiger partial charge in [-0.3, -0.25) is 9.59 Å². The van der Waals surface area contributed by atoms with Gasteiger partial charge < -0.3 is 20.5 Å². The van der Waals surface area contributed by atoms with Crippen LogP contribution in [0.4, 0.5) is 0 Å². The average molecular weight is 252 g/mol. The van der Waals surface area contributed by atoms with Gasteiger partial charge in [-0.25, -0.2) is 0 Å². The molecule has 6 nitrogen and oxygen atoms in total. The molecule has 3 N–H and O–H groups in total. The van der Waals surface area contributed by atoms with Crippen molar-refractivity contribution in [3.8, 4) is 11.5 Å². The zero-order valence-electron chi connectivity index (χ0n) is 10.5. The van der Waals surface area contributed by atoms with E-state index in [2.05, 4.69) is 5.32 Å². The number of hydrogen-bond donors (Lipinski definition) is 2. The van der Waals surface area contributed by atoms with E-state index in [1.54, 1.807) is 25.1 Å². The largest absolute Gasteiger partial charge is 0.493 e. The molecule has 0 heterocycles. The van der Waals surface area contributed by atoms with Gasteiger partial charge in [0.2, 0.25) is 0 Å². The molecule has 0 radical (unpaired) electrons. The zero-order chi connectivity index (χ0) is 13.7. The molecule has 1 rings (SSSR count). The Hall–Kier alpha value is -2.24. The fourth-order valence-electron chi connectivity index (χ4n) is 1.47. The van der Waals surface area contributed by atoms with Crippen LogP contribution in [0.2, 0.25) is 0 Å². The predicted molar refractivity (Wildman–Crippen MR) is 65.3 cm³/mol. The summed E-state index contributed by atoms with van der Waals surface area (Å²) in [5, 5.41) is 2.47. The van der Waals surface area contributed by atoms with Crippen LogP contribution in [0.3, 0.4) is 0 Å². The highest BCUT2D eigenvalue weighted by Crippen LogP contribution is 2.29. The monoisotopic (exact) mass is 252 g/mol. The molecule has 98 valence electrons. The second-order valence-corrected chi connectivity index (χ2v) is 3.67. The molecule has 0 bridgehead atoms. The molecule has 6 heteroatoms. The zero-order valence-corrected chi connectivity index (χ0v) is 10.5. The van der Waals surface area contributed by atoms with Crippen LogP contribution in [0.5, 0.6) is 11.5 Å². The van der Waals surface area contributed by atoms with Crippen molar-refractivity contribution in [2.24, 2.45) is 5.73 Å². The van der Waals surface area contributed by atoms with Crippen molar-refractivity contribution >= 4 is 11.8 Å². The molecule has 0 fully saturated rings. The topological polar surface area (TPSA) is 90.6 Å². The molecule has 1 aromatic carbocycles. The SMILES string of the molecule is COc1ccc(C(C)NC(=O)C(N)=O)cc1OC. The van der Waals surface area contributed by atoms with Gasteiger partial charge in [0.05, 0.1) is 20.3 Å². The van der Waals surface area contributed by atoms with Crippen molar-refractivity contribution in [3.63, 3.8) is 0 Å². The van der Waals surface area contributed by atoms with E-state index in [9.17, 15) is 9.59 Å².